The molecule has 0 saturated heterocycles. The van der Waals surface area contributed by atoms with Gasteiger partial charge in [-0.1, -0.05) is 108 Å². The summed E-state index contributed by atoms with van der Waals surface area (Å²) in [7, 11) is -0.504. The molecule has 0 bridgehead atoms. The standard InChI is InChI=1S/C20H18IP.HI/c1-16(21)19-14-8-9-15-20(19)22(17-10-4-2-5-11-17)18-12-6-3-7-13-18;/h2-16H,1H3;1H. The van der Waals surface area contributed by atoms with Crippen LogP contribution in [0.5, 0.6) is 0 Å². The van der Waals surface area contributed by atoms with Crippen LogP contribution in [0, 0.1) is 0 Å². The van der Waals surface area contributed by atoms with Gasteiger partial charge in [0, 0.05) is 3.92 Å². The van der Waals surface area contributed by atoms with Crippen LogP contribution in [0.25, 0.3) is 0 Å². The Bertz CT molecular complexity index is 687. The van der Waals surface area contributed by atoms with Crippen LogP contribution in [-0.4, -0.2) is 0 Å². The van der Waals surface area contributed by atoms with Gasteiger partial charge in [-0.15, -0.1) is 24.0 Å². The molecule has 3 rings (SSSR count). The summed E-state index contributed by atoms with van der Waals surface area (Å²) in [5.41, 5.74) is 1.45. The van der Waals surface area contributed by atoms with E-state index in [1.54, 1.807) is 0 Å². The highest BCUT2D eigenvalue weighted by Crippen LogP contribution is 2.36. The molecule has 0 heterocycles. The predicted octanol–water partition coefficient (Wildman–Crippen LogP) is 5.56. The van der Waals surface area contributed by atoms with Gasteiger partial charge in [-0.2, -0.15) is 0 Å². The zero-order chi connectivity index (χ0) is 15.4. The van der Waals surface area contributed by atoms with E-state index in [-0.39, 0.29) is 24.0 Å². The highest BCUT2D eigenvalue weighted by molar-refractivity contribution is 14.1. The van der Waals surface area contributed by atoms with Crippen LogP contribution >= 0.6 is 54.5 Å². The van der Waals surface area contributed by atoms with Gasteiger partial charge in [-0.25, -0.2) is 0 Å². The summed E-state index contributed by atoms with van der Waals surface area (Å²) >= 11 is 2.52. The molecule has 0 aliphatic carbocycles. The molecule has 1 unspecified atom stereocenters. The van der Waals surface area contributed by atoms with Crippen molar-refractivity contribution >= 4 is 70.4 Å². The maximum Gasteiger partial charge on any atom is 0.0337 e. The third-order valence-corrected chi connectivity index (χ3v) is 6.82. The number of hydrogen-bond acceptors (Lipinski definition) is 0. The lowest BCUT2D eigenvalue weighted by Crippen LogP contribution is -2.23. The summed E-state index contributed by atoms with van der Waals surface area (Å²) < 4.78 is 0.506. The number of rotatable bonds is 4. The molecule has 0 saturated carbocycles. The molecule has 0 fully saturated rings. The summed E-state index contributed by atoms with van der Waals surface area (Å²) in [5.74, 6) is 0. The van der Waals surface area contributed by atoms with Crippen LogP contribution in [-0.2, 0) is 0 Å². The van der Waals surface area contributed by atoms with Gasteiger partial charge in [0.1, 0.15) is 0 Å². The third kappa shape index (κ3) is 4.55. The van der Waals surface area contributed by atoms with Crippen LogP contribution in [0.15, 0.2) is 84.9 Å². The first-order valence-corrected chi connectivity index (χ1v) is 9.99. The minimum absolute atomic E-state index is 0. The molecule has 0 spiro atoms. The Morgan fingerprint density at radius 3 is 1.61 bits per heavy atom. The van der Waals surface area contributed by atoms with E-state index in [1.165, 1.54) is 21.5 Å². The highest BCUT2D eigenvalue weighted by Gasteiger charge is 2.20. The Balaban J connectivity index is 0.00000192. The molecule has 0 aliphatic heterocycles. The first kappa shape index (κ1) is 18.9. The second-order valence-corrected chi connectivity index (χ2v) is 9.24. The lowest BCUT2D eigenvalue weighted by Gasteiger charge is -2.23. The number of alkyl halides is 1. The van der Waals surface area contributed by atoms with Crippen molar-refractivity contribution in [2.24, 2.45) is 0 Å². The summed E-state index contributed by atoms with van der Waals surface area (Å²) in [4.78, 5) is 0. The van der Waals surface area contributed by atoms with Crippen molar-refractivity contribution in [3.63, 3.8) is 0 Å². The van der Waals surface area contributed by atoms with Gasteiger partial charge >= 0.3 is 0 Å². The minimum atomic E-state index is -0.504. The summed E-state index contributed by atoms with van der Waals surface area (Å²) in [6, 6.07) is 30.7. The topological polar surface area (TPSA) is 0 Å². The van der Waals surface area contributed by atoms with Gasteiger partial charge in [0.05, 0.1) is 0 Å². The third-order valence-electron chi connectivity index (χ3n) is 3.63. The smallest absolute Gasteiger partial charge is 0.0337 e. The molecule has 0 aliphatic rings. The molecular formula is C20H19I2P. The van der Waals surface area contributed by atoms with E-state index in [0.717, 1.165) is 0 Å². The predicted molar refractivity (Wildman–Crippen MR) is 123 cm³/mol. The maximum absolute atomic E-state index is 2.52. The first-order valence-electron chi connectivity index (χ1n) is 7.40. The molecule has 0 aromatic heterocycles. The van der Waals surface area contributed by atoms with E-state index < -0.39 is 7.92 Å². The number of halogens is 2. The van der Waals surface area contributed by atoms with E-state index in [2.05, 4.69) is 114 Å². The molecule has 0 nitrogen and oxygen atoms in total. The van der Waals surface area contributed by atoms with Gasteiger partial charge in [0.2, 0.25) is 0 Å². The van der Waals surface area contributed by atoms with E-state index in [9.17, 15) is 0 Å². The van der Waals surface area contributed by atoms with Crippen LogP contribution in [0.4, 0.5) is 0 Å². The fraction of sp³-hybridized carbons (Fsp3) is 0.100. The molecular weight excluding hydrogens is 525 g/mol. The Labute approximate surface area is 170 Å². The summed E-state index contributed by atoms with van der Waals surface area (Å²) in [6.07, 6.45) is 0. The second kappa shape index (κ2) is 9.14. The van der Waals surface area contributed by atoms with Gasteiger partial charge in [-0.3, -0.25) is 0 Å². The van der Waals surface area contributed by atoms with Gasteiger partial charge < -0.3 is 0 Å². The summed E-state index contributed by atoms with van der Waals surface area (Å²) in [5, 5.41) is 4.29. The largest absolute Gasteiger partial charge is 0.107 e. The normalized spacial score (nSPS) is 11.8. The zero-order valence-electron chi connectivity index (χ0n) is 12.9. The average Bonchev–Trinajstić information content (AvgIpc) is 2.57. The number of hydrogen-bond donors (Lipinski definition) is 0. The average molecular weight is 544 g/mol. The second-order valence-electron chi connectivity index (χ2n) is 5.18. The van der Waals surface area contributed by atoms with Gasteiger partial charge in [0.15, 0.2) is 0 Å². The Morgan fingerprint density at radius 2 is 1.13 bits per heavy atom. The van der Waals surface area contributed by atoms with E-state index >= 15 is 0 Å². The molecule has 23 heavy (non-hydrogen) atoms. The molecule has 3 aromatic carbocycles. The fourth-order valence-corrected chi connectivity index (χ4v) is 5.95. The van der Waals surface area contributed by atoms with Crippen molar-refractivity contribution in [2.75, 3.05) is 0 Å². The molecule has 0 N–H and O–H groups in total. The van der Waals surface area contributed by atoms with Crippen molar-refractivity contribution in [1.82, 2.24) is 0 Å². The van der Waals surface area contributed by atoms with E-state index in [0.29, 0.717) is 3.92 Å². The monoisotopic (exact) mass is 544 g/mol. The lowest BCUT2D eigenvalue weighted by molar-refractivity contribution is 1.16. The van der Waals surface area contributed by atoms with Crippen molar-refractivity contribution in [3.8, 4) is 0 Å². The molecule has 118 valence electrons. The van der Waals surface area contributed by atoms with Crippen LogP contribution in [0.2, 0.25) is 0 Å². The van der Waals surface area contributed by atoms with Gasteiger partial charge in [0.25, 0.3) is 0 Å². The minimum Gasteiger partial charge on any atom is -0.107 e. The van der Waals surface area contributed by atoms with E-state index in [4.69, 9.17) is 0 Å². The Morgan fingerprint density at radius 1 is 0.696 bits per heavy atom. The van der Waals surface area contributed by atoms with Crippen molar-refractivity contribution < 1.29 is 0 Å². The van der Waals surface area contributed by atoms with E-state index in [1.807, 2.05) is 0 Å². The van der Waals surface area contributed by atoms with Crippen LogP contribution in [0.1, 0.15) is 16.4 Å². The number of benzene rings is 3. The van der Waals surface area contributed by atoms with Crippen molar-refractivity contribution in [1.29, 1.82) is 0 Å². The molecule has 0 radical (unpaired) electrons. The lowest BCUT2D eigenvalue weighted by atomic mass is 10.2. The Hall–Kier alpha value is -0.450. The fourth-order valence-electron chi connectivity index (χ4n) is 2.61. The van der Waals surface area contributed by atoms with Crippen LogP contribution in [0.3, 0.4) is 0 Å². The first-order chi connectivity index (χ1) is 10.8. The van der Waals surface area contributed by atoms with Crippen LogP contribution < -0.4 is 15.9 Å². The highest BCUT2D eigenvalue weighted by atomic mass is 127. The zero-order valence-corrected chi connectivity index (χ0v) is 18.3. The quantitative estimate of drug-likeness (QED) is 0.230. The maximum atomic E-state index is 2.52. The van der Waals surface area contributed by atoms with Crippen molar-refractivity contribution in [3.05, 3.63) is 90.5 Å². The SMILES string of the molecule is CC(I)c1ccccc1P(c1ccccc1)c1ccccc1.I. The van der Waals surface area contributed by atoms with Crippen molar-refractivity contribution in [2.45, 2.75) is 10.8 Å². The molecule has 1 atom stereocenters. The molecule has 3 aromatic rings. The Kier molecular flexibility index (Phi) is 7.51. The summed E-state index contributed by atoms with van der Waals surface area (Å²) in [6.45, 7) is 2.27. The molecule has 0 amide bonds. The van der Waals surface area contributed by atoms with Gasteiger partial charge in [-0.05, 0) is 36.3 Å². The molecule has 3 heteroatoms.